The van der Waals surface area contributed by atoms with Crippen LogP contribution >= 0.6 is 0 Å². The lowest BCUT2D eigenvalue weighted by molar-refractivity contribution is 0.0952. The van der Waals surface area contributed by atoms with Gasteiger partial charge in [-0.1, -0.05) is 41.6 Å². The number of pyridine rings is 1. The molecule has 7 nitrogen and oxygen atoms in total. The van der Waals surface area contributed by atoms with Crippen LogP contribution in [0.4, 0.5) is 4.39 Å². The number of aromatic nitrogens is 4. The lowest BCUT2D eigenvalue weighted by Crippen LogP contribution is -2.24. The van der Waals surface area contributed by atoms with Crippen molar-refractivity contribution < 1.29 is 13.7 Å². The minimum absolute atomic E-state index is 0.192. The summed E-state index contributed by atoms with van der Waals surface area (Å²) >= 11 is 0. The highest BCUT2D eigenvalue weighted by Gasteiger charge is 2.20. The third-order valence-electron chi connectivity index (χ3n) is 5.46. The average Bonchev–Trinajstić information content (AvgIpc) is 3.48. The van der Waals surface area contributed by atoms with E-state index >= 15 is 0 Å². The standard InChI is InChI=1S/C25H20FN5O2/c1-16-23-20(13-22(29-25(23)33-30-16)19-9-4-5-10-21(19)26)24(32)27-14-17-7-2-3-8-18(17)15-31-12-6-11-28-31/h2-13H,14-15H2,1H3,(H,27,32). The number of benzene rings is 2. The average molecular weight is 441 g/mol. The number of carbonyl (C=O) groups is 1. The molecule has 0 aliphatic carbocycles. The van der Waals surface area contributed by atoms with Crippen LogP contribution < -0.4 is 5.32 Å². The van der Waals surface area contributed by atoms with Gasteiger partial charge in [0.15, 0.2) is 0 Å². The van der Waals surface area contributed by atoms with Crippen molar-refractivity contribution in [1.29, 1.82) is 0 Å². The number of carbonyl (C=O) groups excluding carboxylic acids is 1. The second-order valence-electron chi connectivity index (χ2n) is 7.64. The van der Waals surface area contributed by atoms with Crippen molar-refractivity contribution in [1.82, 2.24) is 25.2 Å². The van der Waals surface area contributed by atoms with E-state index in [1.807, 2.05) is 41.2 Å². The van der Waals surface area contributed by atoms with E-state index in [1.165, 1.54) is 6.07 Å². The third-order valence-corrected chi connectivity index (χ3v) is 5.46. The van der Waals surface area contributed by atoms with Crippen LogP contribution in [0.5, 0.6) is 0 Å². The molecule has 1 amide bonds. The van der Waals surface area contributed by atoms with Crippen LogP contribution in [-0.2, 0) is 13.1 Å². The first-order valence-corrected chi connectivity index (χ1v) is 10.4. The minimum atomic E-state index is -0.431. The Balaban J connectivity index is 1.46. The van der Waals surface area contributed by atoms with Gasteiger partial charge in [0, 0.05) is 24.5 Å². The van der Waals surface area contributed by atoms with Gasteiger partial charge in [0.25, 0.3) is 11.6 Å². The van der Waals surface area contributed by atoms with Crippen LogP contribution in [-0.4, -0.2) is 25.8 Å². The van der Waals surface area contributed by atoms with Gasteiger partial charge in [0.2, 0.25) is 0 Å². The van der Waals surface area contributed by atoms with Crippen LogP contribution in [0.3, 0.4) is 0 Å². The molecular weight excluding hydrogens is 421 g/mol. The van der Waals surface area contributed by atoms with Gasteiger partial charge in [0.1, 0.15) is 5.82 Å². The lowest BCUT2D eigenvalue weighted by atomic mass is 10.0. The van der Waals surface area contributed by atoms with E-state index < -0.39 is 5.82 Å². The molecule has 33 heavy (non-hydrogen) atoms. The number of amides is 1. The Morgan fingerprint density at radius 3 is 2.67 bits per heavy atom. The molecule has 0 fully saturated rings. The predicted octanol–water partition coefficient (Wildman–Crippen LogP) is 4.51. The second-order valence-corrected chi connectivity index (χ2v) is 7.64. The van der Waals surface area contributed by atoms with E-state index in [0.717, 1.165) is 11.1 Å². The zero-order valence-corrected chi connectivity index (χ0v) is 17.8. The topological polar surface area (TPSA) is 85.8 Å². The fraction of sp³-hybridized carbons (Fsp3) is 0.120. The summed E-state index contributed by atoms with van der Waals surface area (Å²) in [6, 6.07) is 17.6. The maximum atomic E-state index is 14.4. The summed E-state index contributed by atoms with van der Waals surface area (Å²) in [5, 5.41) is 11.7. The Labute approximate surface area is 188 Å². The fourth-order valence-electron chi connectivity index (χ4n) is 3.80. The highest BCUT2D eigenvalue weighted by atomic mass is 19.1. The maximum absolute atomic E-state index is 14.4. The highest BCUT2D eigenvalue weighted by Crippen LogP contribution is 2.28. The maximum Gasteiger partial charge on any atom is 0.259 e. The lowest BCUT2D eigenvalue weighted by Gasteiger charge is -2.12. The second kappa shape index (κ2) is 8.66. The number of nitrogens with zero attached hydrogens (tertiary/aromatic N) is 4. The van der Waals surface area contributed by atoms with Crippen LogP contribution in [0.25, 0.3) is 22.4 Å². The zero-order chi connectivity index (χ0) is 22.8. The molecule has 2 aromatic carbocycles. The Bertz CT molecular complexity index is 1440. The Hall–Kier alpha value is -4.33. The predicted molar refractivity (Wildman–Crippen MR) is 121 cm³/mol. The quantitative estimate of drug-likeness (QED) is 0.419. The van der Waals surface area contributed by atoms with Crippen molar-refractivity contribution in [2.75, 3.05) is 0 Å². The third kappa shape index (κ3) is 4.10. The van der Waals surface area contributed by atoms with Crippen molar-refractivity contribution in [2.24, 2.45) is 0 Å². The molecule has 5 aromatic rings. The molecular formula is C25H20FN5O2. The SMILES string of the molecule is Cc1noc2nc(-c3ccccc3F)cc(C(=O)NCc3ccccc3Cn3cccn3)c12. The number of hydrogen-bond acceptors (Lipinski definition) is 5. The van der Waals surface area contributed by atoms with E-state index in [1.54, 1.807) is 37.4 Å². The fourth-order valence-corrected chi connectivity index (χ4v) is 3.80. The van der Waals surface area contributed by atoms with E-state index in [-0.39, 0.29) is 17.2 Å². The van der Waals surface area contributed by atoms with Crippen molar-refractivity contribution in [3.63, 3.8) is 0 Å². The van der Waals surface area contributed by atoms with Crippen molar-refractivity contribution in [3.05, 3.63) is 101 Å². The van der Waals surface area contributed by atoms with Crippen LogP contribution in [0.15, 0.2) is 77.6 Å². The molecule has 0 aliphatic rings. The molecule has 8 heteroatoms. The number of nitrogens with one attached hydrogen (secondary N) is 1. The molecule has 0 aliphatic heterocycles. The monoisotopic (exact) mass is 441 g/mol. The summed E-state index contributed by atoms with van der Waals surface area (Å²) < 4.78 is 21.5. The van der Waals surface area contributed by atoms with Crippen LogP contribution in [0.2, 0.25) is 0 Å². The van der Waals surface area contributed by atoms with E-state index in [0.29, 0.717) is 35.4 Å². The Morgan fingerprint density at radius 1 is 1.09 bits per heavy atom. The Kier molecular flexibility index (Phi) is 5.40. The normalized spacial score (nSPS) is 11.1. The molecule has 0 bridgehead atoms. The van der Waals surface area contributed by atoms with Gasteiger partial charge < -0.3 is 9.84 Å². The van der Waals surface area contributed by atoms with Gasteiger partial charge in [0.05, 0.1) is 28.9 Å². The van der Waals surface area contributed by atoms with Gasteiger partial charge in [-0.25, -0.2) is 9.37 Å². The summed E-state index contributed by atoms with van der Waals surface area (Å²) in [7, 11) is 0. The molecule has 1 N–H and O–H groups in total. The van der Waals surface area contributed by atoms with Crippen molar-refractivity contribution in [3.8, 4) is 11.3 Å². The molecule has 3 aromatic heterocycles. The Morgan fingerprint density at radius 2 is 1.88 bits per heavy atom. The van der Waals surface area contributed by atoms with Gasteiger partial charge in [-0.3, -0.25) is 9.48 Å². The minimum Gasteiger partial charge on any atom is -0.348 e. The highest BCUT2D eigenvalue weighted by molar-refractivity contribution is 6.07. The summed E-state index contributed by atoms with van der Waals surface area (Å²) in [6.45, 7) is 2.66. The molecule has 164 valence electrons. The van der Waals surface area contributed by atoms with Gasteiger partial charge >= 0.3 is 0 Å². The van der Waals surface area contributed by atoms with Crippen molar-refractivity contribution >= 4 is 17.0 Å². The largest absolute Gasteiger partial charge is 0.348 e. The van der Waals surface area contributed by atoms with E-state index in [9.17, 15) is 9.18 Å². The summed E-state index contributed by atoms with van der Waals surface area (Å²) in [5.41, 5.74) is 3.69. The molecule has 0 radical (unpaired) electrons. The van der Waals surface area contributed by atoms with Crippen LogP contribution in [0, 0.1) is 12.7 Å². The van der Waals surface area contributed by atoms with Gasteiger partial charge in [-0.2, -0.15) is 5.10 Å². The molecule has 5 rings (SSSR count). The number of rotatable bonds is 6. The molecule has 0 spiro atoms. The zero-order valence-electron chi connectivity index (χ0n) is 17.8. The molecule has 3 heterocycles. The summed E-state index contributed by atoms with van der Waals surface area (Å²) in [5.74, 6) is -0.750. The van der Waals surface area contributed by atoms with E-state index in [2.05, 4.69) is 20.6 Å². The van der Waals surface area contributed by atoms with Crippen molar-refractivity contribution in [2.45, 2.75) is 20.0 Å². The first-order chi connectivity index (χ1) is 16.1. The van der Waals surface area contributed by atoms with Gasteiger partial charge in [-0.05, 0) is 42.3 Å². The number of halogens is 1. The smallest absolute Gasteiger partial charge is 0.259 e. The van der Waals surface area contributed by atoms with Gasteiger partial charge in [-0.15, -0.1) is 0 Å². The van der Waals surface area contributed by atoms with Crippen LogP contribution in [0.1, 0.15) is 27.2 Å². The summed E-state index contributed by atoms with van der Waals surface area (Å²) in [6.07, 6.45) is 3.62. The molecule has 0 unspecified atom stereocenters. The molecule has 0 atom stereocenters. The first kappa shape index (κ1) is 20.6. The summed E-state index contributed by atoms with van der Waals surface area (Å²) in [4.78, 5) is 17.6. The number of aryl methyl sites for hydroxylation is 1. The van der Waals surface area contributed by atoms with E-state index in [4.69, 9.17) is 4.52 Å². The molecule has 0 saturated heterocycles. The first-order valence-electron chi connectivity index (χ1n) is 10.4. The number of hydrogen-bond donors (Lipinski definition) is 1. The number of fused-ring (bicyclic) bond motifs is 1. The molecule has 0 saturated carbocycles.